The van der Waals surface area contributed by atoms with Gasteiger partial charge in [-0.1, -0.05) is 20.8 Å². The topological polar surface area (TPSA) is 69.7 Å². The van der Waals surface area contributed by atoms with Gasteiger partial charge in [-0.25, -0.2) is 4.79 Å². The lowest BCUT2D eigenvalue weighted by Gasteiger charge is -2.22. The molecule has 5 nitrogen and oxygen atoms in total. The largest absolute Gasteiger partial charge is 0.534 e. The van der Waals surface area contributed by atoms with Crippen LogP contribution in [0.1, 0.15) is 27.7 Å². The van der Waals surface area contributed by atoms with Gasteiger partial charge in [0.15, 0.2) is 0 Å². The van der Waals surface area contributed by atoms with Gasteiger partial charge in [0.05, 0.1) is 12.7 Å². The summed E-state index contributed by atoms with van der Waals surface area (Å²) in [6.45, 7) is 5.67. The zero-order valence-electron chi connectivity index (χ0n) is 10.9. The highest BCUT2D eigenvalue weighted by atomic mass is 32.2. The highest BCUT2D eigenvalue weighted by Crippen LogP contribution is 2.33. The average molecular weight is 304 g/mol. The third-order valence-corrected chi connectivity index (χ3v) is 2.72. The van der Waals surface area contributed by atoms with E-state index in [1.54, 1.807) is 0 Å². The Bertz CT molecular complexity index is 457. The number of alkyl halides is 3. The number of ether oxygens (including phenoxy) is 1. The van der Waals surface area contributed by atoms with Gasteiger partial charge in [0, 0.05) is 5.41 Å². The summed E-state index contributed by atoms with van der Waals surface area (Å²) in [5.41, 5.74) is -6.68. The molecule has 0 saturated heterocycles. The molecule has 0 amide bonds. The second-order valence-electron chi connectivity index (χ2n) is 4.49. The van der Waals surface area contributed by atoms with Gasteiger partial charge in [-0.05, 0) is 6.92 Å². The van der Waals surface area contributed by atoms with Gasteiger partial charge in [-0.3, -0.25) is 0 Å². The first-order chi connectivity index (χ1) is 8.31. The number of halogens is 3. The van der Waals surface area contributed by atoms with Gasteiger partial charge in [0.2, 0.25) is 0 Å². The fourth-order valence-electron chi connectivity index (χ4n) is 0.822. The molecule has 0 saturated carbocycles. The lowest BCUT2D eigenvalue weighted by Crippen LogP contribution is -2.28. The van der Waals surface area contributed by atoms with E-state index in [0.717, 1.165) is 0 Å². The molecular formula is C10H15F3O5S. The maximum Gasteiger partial charge on any atom is 0.534 e. The van der Waals surface area contributed by atoms with Crippen molar-refractivity contribution in [2.45, 2.75) is 33.2 Å². The van der Waals surface area contributed by atoms with E-state index in [1.807, 2.05) is 0 Å². The van der Waals surface area contributed by atoms with Crippen molar-refractivity contribution in [3.63, 3.8) is 0 Å². The number of allylic oxidation sites excluding steroid dienone is 1. The van der Waals surface area contributed by atoms with Crippen LogP contribution in [0.2, 0.25) is 0 Å². The summed E-state index contributed by atoms with van der Waals surface area (Å²) in [7, 11) is -5.82. The number of hydrogen-bond donors (Lipinski definition) is 0. The van der Waals surface area contributed by atoms with Gasteiger partial charge in [0.1, 0.15) is 5.76 Å². The Morgan fingerprint density at radius 3 is 2.00 bits per heavy atom. The second-order valence-corrected chi connectivity index (χ2v) is 6.03. The van der Waals surface area contributed by atoms with Crippen molar-refractivity contribution in [3.8, 4) is 0 Å². The van der Waals surface area contributed by atoms with Crippen molar-refractivity contribution in [2.75, 3.05) is 6.61 Å². The molecule has 0 rings (SSSR count). The molecule has 0 fully saturated rings. The van der Waals surface area contributed by atoms with Gasteiger partial charge in [0.25, 0.3) is 0 Å². The van der Waals surface area contributed by atoms with Gasteiger partial charge >= 0.3 is 21.6 Å². The SMILES string of the molecule is CCOC(=O)/C=C(/OS(=O)(=O)C(F)(F)F)C(C)(C)C. The first-order valence-corrected chi connectivity index (χ1v) is 6.61. The third kappa shape index (κ3) is 5.50. The highest BCUT2D eigenvalue weighted by molar-refractivity contribution is 7.87. The Balaban J connectivity index is 5.41. The van der Waals surface area contributed by atoms with E-state index < -0.39 is 32.8 Å². The molecule has 0 aliphatic carbocycles. The molecule has 0 radical (unpaired) electrons. The van der Waals surface area contributed by atoms with E-state index in [0.29, 0.717) is 6.08 Å². The van der Waals surface area contributed by atoms with E-state index in [-0.39, 0.29) is 6.61 Å². The van der Waals surface area contributed by atoms with Crippen LogP contribution in [0.25, 0.3) is 0 Å². The molecule has 0 aromatic rings. The van der Waals surface area contributed by atoms with Crippen LogP contribution in [-0.4, -0.2) is 26.5 Å². The number of hydrogen-bond acceptors (Lipinski definition) is 5. The van der Waals surface area contributed by atoms with Crippen LogP contribution in [-0.2, 0) is 23.8 Å². The summed E-state index contributed by atoms with van der Waals surface area (Å²) in [6, 6.07) is 0. The number of esters is 1. The molecule has 0 aliphatic rings. The number of carbonyl (C=O) groups is 1. The summed E-state index contributed by atoms with van der Waals surface area (Å²) in [5.74, 6) is -1.63. The standard InChI is InChI=1S/C10H15F3O5S/c1-5-17-8(14)6-7(9(2,3)4)18-19(15,16)10(11,12)13/h6H,5H2,1-4H3/b7-6+. The summed E-state index contributed by atoms with van der Waals surface area (Å²) in [4.78, 5) is 11.2. The Morgan fingerprint density at radius 1 is 1.21 bits per heavy atom. The summed E-state index contributed by atoms with van der Waals surface area (Å²) >= 11 is 0. The molecule has 112 valence electrons. The summed E-state index contributed by atoms with van der Waals surface area (Å²) < 4.78 is 66.9. The van der Waals surface area contributed by atoms with Crippen molar-refractivity contribution in [2.24, 2.45) is 5.41 Å². The first-order valence-electron chi connectivity index (χ1n) is 5.21. The predicted molar refractivity (Wildman–Crippen MR) is 60.2 cm³/mol. The highest BCUT2D eigenvalue weighted by Gasteiger charge is 2.49. The minimum absolute atomic E-state index is 0.00121. The average Bonchev–Trinajstić information content (AvgIpc) is 2.13. The van der Waals surface area contributed by atoms with E-state index in [1.165, 1.54) is 27.7 Å². The maximum atomic E-state index is 12.2. The van der Waals surface area contributed by atoms with Crippen molar-refractivity contribution < 1.29 is 35.3 Å². The molecule has 0 aromatic carbocycles. The maximum absolute atomic E-state index is 12.2. The Labute approximate surface area is 109 Å². The molecule has 0 N–H and O–H groups in total. The first kappa shape index (κ1) is 17.8. The number of rotatable bonds is 4. The Hall–Kier alpha value is -1.25. The quantitative estimate of drug-likeness (QED) is 0.262. The van der Waals surface area contributed by atoms with Crippen LogP contribution in [0.15, 0.2) is 11.8 Å². The molecule has 0 bridgehead atoms. The van der Waals surface area contributed by atoms with Crippen LogP contribution in [0.4, 0.5) is 13.2 Å². The van der Waals surface area contributed by atoms with E-state index in [9.17, 15) is 26.4 Å². The van der Waals surface area contributed by atoms with Crippen LogP contribution in [0, 0.1) is 5.41 Å². The van der Waals surface area contributed by atoms with Crippen molar-refractivity contribution in [3.05, 3.63) is 11.8 Å². The fourth-order valence-corrected chi connectivity index (χ4v) is 1.45. The van der Waals surface area contributed by atoms with Gasteiger partial charge in [-0.15, -0.1) is 0 Å². The van der Waals surface area contributed by atoms with Gasteiger partial charge < -0.3 is 8.92 Å². The molecule has 0 unspecified atom stereocenters. The van der Waals surface area contributed by atoms with E-state index in [4.69, 9.17) is 0 Å². The van der Waals surface area contributed by atoms with E-state index in [2.05, 4.69) is 8.92 Å². The van der Waals surface area contributed by atoms with Crippen molar-refractivity contribution in [1.29, 1.82) is 0 Å². The third-order valence-electron chi connectivity index (χ3n) is 1.76. The van der Waals surface area contributed by atoms with Crippen LogP contribution in [0.5, 0.6) is 0 Å². The molecule has 0 atom stereocenters. The molecular weight excluding hydrogens is 289 g/mol. The minimum Gasteiger partial charge on any atom is -0.463 e. The molecule has 0 spiro atoms. The van der Waals surface area contributed by atoms with Crippen LogP contribution < -0.4 is 0 Å². The summed E-state index contributed by atoms with van der Waals surface area (Å²) in [5, 5.41) is 0. The van der Waals surface area contributed by atoms with Gasteiger partial charge in [-0.2, -0.15) is 21.6 Å². The van der Waals surface area contributed by atoms with Crippen molar-refractivity contribution in [1.82, 2.24) is 0 Å². The van der Waals surface area contributed by atoms with Crippen LogP contribution in [0.3, 0.4) is 0 Å². The second kappa shape index (κ2) is 5.81. The van der Waals surface area contributed by atoms with Crippen LogP contribution >= 0.6 is 0 Å². The molecule has 0 heterocycles. The smallest absolute Gasteiger partial charge is 0.463 e. The van der Waals surface area contributed by atoms with Crippen molar-refractivity contribution >= 4 is 16.1 Å². The molecule has 19 heavy (non-hydrogen) atoms. The lowest BCUT2D eigenvalue weighted by molar-refractivity contribution is -0.137. The number of carbonyl (C=O) groups excluding carboxylic acids is 1. The normalized spacial score (nSPS) is 14.2. The molecule has 0 aromatic heterocycles. The molecule has 0 aliphatic heterocycles. The monoisotopic (exact) mass is 304 g/mol. The van der Waals surface area contributed by atoms with E-state index >= 15 is 0 Å². The fraction of sp³-hybridized carbons (Fsp3) is 0.700. The predicted octanol–water partition coefficient (Wildman–Crippen LogP) is 2.35. The minimum atomic E-state index is -5.82. The lowest BCUT2D eigenvalue weighted by atomic mass is 9.94. The Kier molecular flexibility index (Phi) is 5.42. The Morgan fingerprint density at radius 2 is 1.68 bits per heavy atom. The molecule has 9 heteroatoms. The summed E-state index contributed by atoms with van der Waals surface area (Å²) in [6.07, 6.45) is 0.590. The zero-order chi connectivity index (χ0) is 15.5. The zero-order valence-corrected chi connectivity index (χ0v) is 11.7.